The first-order valence-corrected chi connectivity index (χ1v) is 7.53. The third-order valence-corrected chi connectivity index (χ3v) is 3.51. The van der Waals surface area contributed by atoms with Crippen molar-refractivity contribution in [2.75, 3.05) is 32.8 Å². The molecule has 1 aromatic carbocycles. The van der Waals surface area contributed by atoms with Crippen molar-refractivity contribution in [3.05, 3.63) is 35.4 Å². The number of amides is 1. The molecule has 0 bridgehead atoms. The molecule has 0 saturated carbocycles. The van der Waals surface area contributed by atoms with Crippen molar-refractivity contribution in [3.63, 3.8) is 0 Å². The van der Waals surface area contributed by atoms with E-state index in [1.165, 1.54) is 0 Å². The van der Waals surface area contributed by atoms with Gasteiger partial charge in [0.25, 0.3) is 5.91 Å². The van der Waals surface area contributed by atoms with E-state index >= 15 is 0 Å². The van der Waals surface area contributed by atoms with Crippen molar-refractivity contribution in [1.29, 1.82) is 0 Å². The van der Waals surface area contributed by atoms with E-state index < -0.39 is 17.5 Å². The normalized spacial score (nSPS) is 19.4. The molecule has 1 aliphatic rings. The summed E-state index contributed by atoms with van der Waals surface area (Å²) in [5.74, 6) is -1.43. The molecule has 22 heavy (non-hydrogen) atoms. The number of hydrogen-bond acceptors (Lipinski definition) is 3. The van der Waals surface area contributed by atoms with Gasteiger partial charge in [0.05, 0.1) is 18.3 Å². The highest BCUT2D eigenvalue weighted by atomic mass is 19.1. The summed E-state index contributed by atoms with van der Waals surface area (Å²) in [5.41, 5.74) is -0.283. The Morgan fingerprint density at radius 3 is 2.95 bits per heavy atom. The molecule has 0 radical (unpaired) electrons. The van der Waals surface area contributed by atoms with Crippen LogP contribution >= 0.6 is 0 Å². The lowest BCUT2D eigenvalue weighted by atomic mass is 10.1. The summed E-state index contributed by atoms with van der Waals surface area (Å²) >= 11 is 0. The minimum absolute atomic E-state index is 0.131. The van der Waals surface area contributed by atoms with Gasteiger partial charge in [-0.05, 0) is 24.1 Å². The zero-order valence-corrected chi connectivity index (χ0v) is 12.9. The van der Waals surface area contributed by atoms with Crippen LogP contribution in [0.3, 0.4) is 0 Å². The summed E-state index contributed by atoms with van der Waals surface area (Å²) in [7, 11) is 0. The van der Waals surface area contributed by atoms with Crippen LogP contribution in [0.5, 0.6) is 0 Å². The predicted molar refractivity (Wildman–Crippen MR) is 79.7 cm³/mol. The molecule has 4 nitrogen and oxygen atoms in total. The van der Waals surface area contributed by atoms with Crippen LogP contribution in [0.15, 0.2) is 18.2 Å². The van der Waals surface area contributed by atoms with Crippen molar-refractivity contribution in [2.45, 2.75) is 20.0 Å². The molecule has 1 amide bonds. The first-order valence-electron chi connectivity index (χ1n) is 7.53. The van der Waals surface area contributed by atoms with Crippen molar-refractivity contribution < 1.29 is 18.3 Å². The number of morpholine rings is 1. The Morgan fingerprint density at radius 1 is 1.45 bits per heavy atom. The van der Waals surface area contributed by atoms with Gasteiger partial charge in [0.15, 0.2) is 0 Å². The zero-order chi connectivity index (χ0) is 16.1. The summed E-state index contributed by atoms with van der Waals surface area (Å²) in [4.78, 5) is 14.2. The largest absolute Gasteiger partial charge is 0.374 e. The van der Waals surface area contributed by atoms with Gasteiger partial charge < -0.3 is 10.1 Å². The minimum atomic E-state index is -0.732. The lowest BCUT2D eigenvalue weighted by Gasteiger charge is -2.33. The molecule has 1 heterocycles. The molecule has 1 N–H and O–H groups in total. The Balaban J connectivity index is 1.86. The zero-order valence-electron chi connectivity index (χ0n) is 12.9. The molecule has 1 aromatic rings. The van der Waals surface area contributed by atoms with Crippen molar-refractivity contribution >= 4 is 5.91 Å². The number of nitrogens with zero attached hydrogens (tertiary/aromatic N) is 1. The Bertz CT molecular complexity index is 523. The molecule has 1 fully saturated rings. The van der Waals surface area contributed by atoms with E-state index in [0.29, 0.717) is 12.5 Å². The van der Waals surface area contributed by atoms with Crippen LogP contribution in [-0.2, 0) is 4.74 Å². The van der Waals surface area contributed by atoms with E-state index in [1.54, 1.807) is 0 Å². The third-order valence-electron chi connectivity index (χ3n) is 3.51. The summed E-state index contributed by atoms with van der Waals surface area (Å²) in [6.45, 7) is 7.78. The summed E-state index contributed by atoms with van der Waals surface area (Å²) in [6.07, 6.45) is -0.131. The van der Waals surface area contributed by atoms with Gasteiger partial charge in [-0.1, -0.05) is 13.8 Å². The fraction of sp³-hybridized carbons (Fsp3) is 0.562. The Kier molecular flexibility index (Phi) is 5.85. The number of rotatable bonds is 5. The van der Waals surface area contributed by atoms with E-state index in [0.717, 1.165) is 37.8 Å². The highest BCUT2D eigenvalue weighted by molar-refractivity contribution is 5.94. The fourth-order valence-corrected chi connectivity index (χ4v) is 2.56. The molecule has 122 valence electrons. The lowest BCUT2D eigenvalue weighted by Crippen LogP contribution is -2.48. The molecule has 6 heteroatoms. The molecule has 1 atom stereocenters. The molecular formula is C16H22F2N2O2. The molecular weight excluding hydrogens is 290 g/mol. The average Bonchev–Trinajstić information content (AvgIpc) is 2.47. The summed E-state index contributed by atoms with van der Waals surface area (Å²) in [6, 6.07) is 2.84. The Labute approximate surface area is 129 Å². The number of nitrogens with one attached hydrogen (secondary N) is 1. The standard InChI is InChI=1S/C16H22F2N2O2/c1-11(2)9-20-5-6-22-13(10-20)8-19-16(21)14-7-12(17)3-4-15(14)18/h3-4,7,11,13H,5-6,8-10H2,1-2H3,(H,19,21). The van der Waals surface area contributed by atoms with E-state index in [1.807, 2.05) is 0 Å². The number of hydrogen-bond donors (Lipinski definition) is 1. The minimum Gasteiger partial charge on any atom is -0.374 e. The van der Waals surface area contributed by atoms with Gasteiger partial charge in [0.1, 0.15) is 11.6 Å². The van der Waals surface area contributed by atoms with Gasteiger partial charge in [-0.2, -0.15) is 0 Å². The first kappa shape index (κ1) is 16.8. The maximum atomic E-state index is 13.5. The van der Waals surface area contributed by atoms with Crippen molar-refractivity contribution in [2.24, 2.45) is 5.92 Å². The fourth-order valence-electron chi connectivity index (χ4n) is 2.56. The van der Waals surface area contributed by atoms with Gasteiger partial charge in [0, 0.05) is 26.2 Å². The average molecular weight is 312 g/mol. The second kappa shape index (κ2) is 7.65. The number of benzene rings is 1. The van der Waals surface area contributed by atoms with E-state index in [-0.39, 0.29) is 18.2 Å². The smallest absolute Gasteiger partial charge is 0.254 e. The predicted octanol–water partition coefficient (Wildman–Crippen LogP) is 2.05. The quantitative estimate of drug-likeness (QED) is 0.905. The molecule has 1 saturated heterocycles. The van der Waals surface area contributed by atoms with Gasteiger partial charge >= 0.3 is 0 Å². The van der Waals surface area contributed by atoms with Crippen molar-refractivity contribution in [3.8, 4) is 0 Å². The summed E-state index contributed by atoms with van der Waals surface area (Å²) < 4.78 is 32.2. The molecule has 0 aromatic heterocycles. The maximum absolute atomic E-state index is 13.5. The van der Waals surface area contributed by atoms with Gasteiger partial charge in [-0.25, -0.2) is 8.78 Å². The first-order chi connectivity index (χ1) is 10.5. The van der Waals surface area contributed by atoms with E-state index in [9.17, 15) is 13.6 Å². The number of carbonyl (C=O) groups excluding carboxylic acids is 1. The monoisotopic (exact) mass is 312 g/mol. The van der Waals surface area contributed by atoms with Gasteiger partial charge in [-0.3, -0.25) is 9.69 Å². The highest BCUT2D eigenvalue weighted by Gasteiger charge is 2.22. The third kappa shape index (κ3) is 4.74. The Morgan fingerprint density at radius 2 is 2.23 bits per heavy atom. The summed E-state index contributed by atoms with van der Waals surface area (Å²) in [5, 5.41) is 2.61. The van der Waals surface area contributed by atoms with Crippen LogP contribution in [0, 0.1) is 17.6 Å². The molecule has 0 spiro atoms. The van der Waals surface area contributed by atoms with Crippen LogP contribution in [0.1, 0.15) is 24.2 Å². The highest BCUT2D eigenvalue weighted by Crippen LogP contribution is 2.11. The van der Waals surface area contributed by atoms with Crippen LogP contribution in [0.25, 0.3) is 0 Å². The Hall–Kier alpha value is -1.53. The van der Waals surface area contributed by atoms with Crippen LogP contribution in [0.4, 0.5) is 8.78 Å². The number of ether oxygens (including phenoxy) is 1. The van der Waals surface area contributed by atoms with Crippen LogP contribution < -0.4 is 5.32 Å². The maximum Gasteiger partial charge on any atom is 0.254 e. The molecule has 1 unspecified atom stereocenters. The van der Waals surface area contributed by atoms with Gasteiger partial charge in [-0.15, -0.1) is 0 Å². The molecule has 0 aliphatic carbocycles. The molecule has 1 aliphatic heterocycles. The SMILES string of the molecule is CC(C)CN1CCOC(CNC(=O)c2cc(F)ccc2F)C1. The second-order valence-electron chi connectivity index (χ2n) is 5.98. The number of carbonyl (C=O) groups is 1. The van der Waals surface area contributed by atoms with E-state index in [2.05, 4.69) is 24.1 Å². The topological polar surface area (TPSA) is 41.6 Å². The van der Waals surface area contributed by atoms with E-state index in [4.69, 9.17) is 4.74 Å². The second-order valence-corrected chi connectivity index (χ2v) is 5.98. The number of halogens is 2. The molecule has 2 rings (SSSR count). The van der Waals surface area contributed by atoms with Crippen LogP contribution in [-0.4, -0.2) is 49.7 Å². The van der Waals surface area contributed by atoms with Gasteiger partial charge in [0.2, 0.25) is 0 Å². The lowest BCUT2D eigenvalue weighted by molar-refractivity contribution is -0.0295. The van der Waals surface area contributed by atoms with Crippen LogP contribution in [0.2, 0.25) is 0 Å². The van der Waals surface area contributed by atoms with Crippen molar-refractivity contribution in [1.82, 2.24) is 10.2 Å².